The van der Waals surface area contributed by atoms with Crippen molar-refractivity contribution in [2.45, 2.75) is 252 Å². The number of methoxy groups -OCH3 is 2. The summed E-state index contributed by atoms with van der Waals surface area (Å²) >= 11 is 0. The van der Waals surface area contributed by atoms with E-state index in [2.05, 4.69) is 25.8 Å². The summed E-state index contributed by atoms with van der Waals surface area (Å²) in [5.74, 6) is -2.45. The predicted molar refractivity (Wildman–Crippen MR) is 382 cm³/mol. The lowest BCUT2D eigenvalue weighted by atomic mass is 9.87. The van der Waals surface area contributed by atoms with E-state index >= 15 is 0 Å². The number of hydrogen-bond acceptors (Lipinski definition) is 18. The van der Waals surface area contributed by atoms with E-state index < -0.39 is 117 Å². The molecule has 2 aromatic carbocycles. The minimum atomic E-state index is -3.98. The van der Waals surface area contributed by atoms with Crippen LogP contribution in [0.3, 0.4) is 0 Å². The molecule has 2 spiro atoms. The zero-order valence-corrected chi connectivity index (χ0v) is 63.5. The summed E-state index contributed by atoms with van der Waals surface area (Å²) in [6.45, 7) is 12.6. The van der Waals surface area contributed by atoms with Gasteiger partial charge in [0.25, 0.3) is 17.7 Å². The highest BCUT2D eigenvalue weighted by Crippen LogP contribution is 2.52. The van der Waals surface area contributed by atoms with E-state index in [1.54, 1.807) is 53.7 Å². The fourth-order valence-corrected chi connectivity index (χ4v) is 18.9. The second-order valence-corrected chi connectivity index (χ2v) is 36.7. The number of aromatic nitrogens is 2. The number of aryl methyl sites for hydroxylation is 4. The molecule has 10 atom stereocenters. The van der Waals surface area contributed by atoms with Crippen molar-refractivity contribution < 1.29 is 92.2 Å². The number of nitrogens with one attached hydrogen (secondary N) is 4. The Hall–Kier alpha value is -7.62. The molecule has 6 fully saturated rings. The number of halogens is 1. The third kappa shape index (κ3) is 14.9. The highest BCUT2D eigenvalue weighted by molar-refractivity contribution is 7.92. The Balaban J connectivity index is 0.000000195. The summed E-state index contributed by atoms with van der Waals surface area (Å²) in [5.41, 5.74) is 3.78. The van der Waals surface area contributed by atoms with Crippen LogP contribution in [0.2, 0.25) is 0 Å². The van der Waals surface area contributed by atoms with E-state index in [1.165, 1.54) is 4.90 Å². The third-order valence-corrected chi connectivity index (χ3v) is 27.7. The zero-order valence-electron chi connectivity index (χ0n) is 61.1. The van der Waals surface area contributed by atoms with E-state index in [1.807, 2.05) is 74.5 Å². The number of sulfonamides is 2. The fourth-order valence-electron chi connectivity index (χ4n) is 16.3. The Kier molecular flexibility index (Phi) is 20.7. The van der Waals surface area contributed by atoms with Gasteiger partial charge in [-0.15, -0.1) is 0 Å². The summed E-state index contributed by atoms with van der Waals surface area (Å²) in [4.78, 5) is 111. The first kappa shape index (κ1) is 76.0. The van der Waals surface area contributed by atoms with Crippen LogP contribution in [-0.4, -0.2) is 161 Å². The number of fused-ring (bicyclic) bond motifs is 10. The Bertz CT molecular complexity index is 4440. The van der Waals surface area contributed by atoms with Gasteiger partial charge < -0.3 is 62.3 Å². The van der Waals surface area contributed by atoms with Crippen molar-refractivity contribution in [3.05, 3.63) is 83.2 Å². The van der Waals surface area contributed by atoms with Crippen LogP contribution < -0.4 is 57.2 Å². The number of amides is 6. The third-order valence-electron chi connectivity index (χ3n) is 23.4. The minimum absolute atomic E-state index is 0. The number of rotatable bonds is 10. The average molecular weight is 1500 g/mol. The smallest absolute Gasteiger partial charge is 0.307 e. The van der Waals surface area contributed by atoms with Gasteiger partial charge in [0.1, 0.15) is 63.0 Å². The summed E-state index contributed by atoms with van der Waals surface area (Å²) in [5, 5.41) is 7.78. The molecule has 4 saturated carbocycles. The molecular formula is C76H100ClN9O16S2. The zero-order chi connectivity index (χ0) is 73.6. The molecular weight excluding hydrogens is 1390 g/mol. The molecule has 10 aliphatic rings. The lowest BCUT2D eigenvalue weighted by Gasteiger charge is -2.36. The van der Waals surface area contributed by atoms with Gasteiger partial charge in [-0.25, -0.2) is 26.8 Å². The molecule has 2 saturated heterocycles. The molecule has 28 heteroatoms. The Labute approximate surface area is 614 Å². The van der Waals surface area contributed by atoms with Gasteiger partial charge in [0, 0.05) is 58.9 Å². The van der Waals surface area contributed by atoms with Crippen LogP contribution in [0.4, 0.5) is 0 Å². The second-order valence-electron chi connectivity index (χ2n) is 32.3. The van der Waals surface area contributed by atoms with Crippen LogP contribution in [0.1, 0.15) is 192 Å². The molecule has 2 aromatic heterocycles. The summed E-state index contributed by atoms with van der Waals surface area (Å²) in [6, 6.07) is 8.96. The molecule has 25 nitrogen and oxygen atoms in total. The van der Waals surface area contributed by atoms with Gasteiger partial charge in [-0.3, -0.25) is 43.0 Å². The number of nitrogens with zero attached hydrogens (tertiary/aromatic N) is 4. The minimum Gasteiger partial charge on any atom is -1.00 e. The van der Waals surface area contributed by atoms with Gasteiger partial charge in [-0.2, -0.15) is 0 Å². The van der Waals surface area contributed by atoms with E-state index in [9.17, 15) is 50.4 Å². The normalized spacial score (nSPS) is 30.5. The molecule has 0 unspecified atom stereocenters. The molecule has 8 heterocycles. The van der Waals surface area contributed by atoms with Crippen molar-refractivity contribution >= 4 is 83.3 Å². The van der Waals surface area contributed by atoms with Gasteiger partial charge in [-0.05, 0) is 188 Å². The number of carbonyl (C=O) groups excluding carboxylic acids is 7. The van der Waals surface area contributed by atoms with Crippen molar-refractivity contribution in [2.75, 3.05) is 27.3 Å². The lowest BCUT2D eigenvalue weighted by Crippen LogP contribution is -3.00. The van der Waals surface area contributed by atoms with Crippen LogP contribution in [0, 0.1) is 31.6 Å². The first-order valence-electron chi connectivity index (χ1n) is 36.8. The molecule has 104 heavy (non-hydrogen) atoms. The number of carbonyl (C=O) groups is 7. The molecule has 4 aliphatic carbocycles. The number of pyridine rings is 2. The number of esters is 1. The summed E-state index contributed by atoms with van der Waals surface area (Å²) < 4.78 is 85.5. The molecule has 4 aromatic rings. The Morgan fingerprint density at radius 2 is 1.06 bits per heavy atom. The van der Waals surface area contributed by atoms with Gasteiger partial charge in [0.15, 0.2) is 6.04 Å². The highest BCUT2D eigenvalue weighted by Gasteiger charge is 2.66. The Morgan fingerprint density at radius 1 is 0.625 bits per heavy atom. The maximum Gasteiger partial charge on any atom is 0.307 e. The van der Waals surface area contributed by atoms with E-state index in [-0.39, 0.29) is 75.3 Å². The molecule has 6 aliphatic heterocycles. The number of allylic oxidation sites excluding steroid dienone is 2. The number of ether oxygens (including phenoxy) is 5. The first-order chi connectivity index (χ1) is 48.7. The quantitative estimate of drug-likeness (QED) is 0.110. The van der Waals surface area contributed by atoms with Crippen LogP contribution in [0.15, 0.2) is 60.7 Å². The number of quaternary nitrogens is 1. The highest BCUT2D eigenvalue weighted by atomic mass is 35.5. The van der Waals surface area contributed by atoms with Crippen molar-refractivity contribution in [1.82, 2.24) is 39.8 Å². The maximum absolute atomic E-state index is 14.8. The standard InChI is InChI=1S/C41H54N4O9S.C35H45N5O7S.ClH/c1-25-34-29(30-21-28(52-6)14-15-31(30)42-25)16-17-40(54-34)23-32-35(47)43-41(37(49)44-55(50,51)39(5)18-19-39)22-27(41)13-11-9-7-8-10-12-26(36(48)45(32)24-40)20-33(46)53-38(2,3)4;1-21-29-24(25-17-23(46-3)11-12-27(25)37-21)13-14-34(47-29)19-28-30(41)38-35(32(43)39-48(44,45)33(2)15-16-33)18-22(35)9-7-5-4-6-8-10-26(36)31(42)40(28)20-34;/h11,13-15,21,26-27,32H,7-10,12,16-20,22-24H2,1-6H3,(H,43,47)(H,44,49);7,9,11-12,17,22,26,28H,4-6,8,10,13-16,18-20,36H2,1-3H3,(H,38,41)(H,39,43);1H/b13-11-;9-7-;/t26-,27-,32+,40-,41-;22-,26+,28+,34-,35-;/m11./s1. The lowest BCUT2D eigenvalue weighted by molar-refractivity contribution is -0.407. The summed E-state index contributed by atoms with van der Waals surface area (Å²) in [7, 11) is -4.67. The fraction of sp³-hybridized carbons (Fsp3) is 0.618. The predicted octanol–water partition coefficient (Wildman–Crippen LogP) is 4.18. The first-order valence-corrected chi connectivity index (χ1v) is 39.7. The average Bonchev–Trinajstić information content (AvgIpc) is 1.55. The van der Waals surface area contributed by atoms with Crippen LogP contribution in [0.5, 0.6) is 23.0 Å². The van der Waals surface area contributed by atoms with Gasteiger partial charge >= 0.3 is 5.97 Å². The SMILES string of the molecule is COc1ccc2nc(C)c3c(c2c1)CC[C@]1(C[C@H]2C(=O)N[C@]4(C(=O)NS(=O)(=O)C5(C)CC5)C[C@H]4/C=C\CCCCC[C@H](CC(=O)OC(C)(C)C)C(=O)N2C1)O3.COc1ccc2nc(C)c3c(c2c1)CC[C@]1(C[C@H]2C(=O)N[C@]4(C(=O)NS(=O)(=O)C5(C)CC5)C[C@H]4/C=C\CCCCC[C@H]([NH3+])C(=O)N2C1)O3.[Cl-]. The molecule has 564 valence electrons. The van der Waals surface area contributed by atoms with Gasteiger partial charge in [-0.1, -0.05) is 43.6 Å². The second kappa shape index (κ2) is 28.3. The van der Waals surface area contributed by atoms with Gasteiger partial charge in [0.05, 0.1) is 65.6 Å². The topological polar surface area (TPSA) is 342 Å². The monoisotopic (exact) mass is 1490 g/mol. The van der Waals surface area contributed by atoms with Crippen LogP contribution in [-0.2, 0) is 71.2 Å². The number of benzene rings is 2. The van der Waals surface area contributed by atoms with E-state index in [4.69, 9.17) is 33.7 Å². The van der Waals surface area contributed by atoms with Crippen LogP contribution >= 0.6 is 0 Å². The molecule has 0 radical (unpaired) electrons. The largest absolute Gasteiger partial charge is 1.00 e. The molecule has 14 rings (SSSR count). The van der Waals surface area contributed by atoms with E-state index in [0.717, 1.165) is 89.3 Å². The van der Waals surface area contributed by atoms with Crippen LogP contribution in [0.25, 0.3) is 21.8 Å². The van der Waals surface area contributed by atoms with Crippen molar-refractivity contribution in [1.29, 1.82) is 0 Å². The maximum atomic E-state index is 14.8. The number of hydrogen-bond donors (Lipinski definition) is 5. The van der Waals surface area contributed by atoms with E-state index in [0.29, 0.717) is 93.6 Å². The van der Waals surface area contributed by atoms with Gasteiger partial charge in [0.2, 0.25) is 37.8 Å². The Morgan fingerprint density at radius 3 is 1.48 bits per heavy atom. The van der Waals surface area contributed by atoms with Crippen molar-refractivity contribution in [3.63, 3.8) is 0 Å². The summed E-state index contributed by atoms with van der Waals surface area (Å²) in [6.07, 6.45) is 20.2. The molecule has 6 amide bonds. The van der Waals surface area contributed by atoms with Crippen molar-refractivity contribution in [2.24, 2.45) is 17.8 Å². The molecule has 0 bridgehead atoms. The molecule has 7 N–H and O–H groups in total. The van der Waals surface area contributed by atoms with Crippen molar-refractivity contribution in [3.8, 4) is 23.0 Å².